The van der Waals surface area contributed by atoms with Crippen molar-refractivity contribution in [2.45, 2.75) is 46.1 Å². The average molecular weight is 367 g/mol. The van der Waals surface area contributed by atoms with Gasteiger partial charge in [-0.15, -0.1) is 0 Å². The molecule has 0 radical (unpaired) electrons. The third kappa shape index (κ3) is 5.28. The Balaban J connectivity index is 1.57. The van der Waals surface area contributed by atoms with Crippen molar-refractivity contribution in [1.29, 1.82) is 0 Å². The topological polar surface area (TPSA) is 58.1 Å². The van der Waals surface area contributed by atoms with Crippen LogP contribution in [0.5, 0.6) is 0 Å². The molecule has 5 nitrogen and oxygen atoms in total. The summed E-state index contributed by atoms with van der Waals surface area (Å²) >= 11 is 0. The highest BCUT2D eigenvalue weighted by molar-refractivity contribution is 5.80. The van der Waals surface area contributed by atoms with Crippen molar-refractivity contribution < 1.29 is 4.79 Å². The van der Waals surface area contributed by atoms with Gasteiger partial charge in [-0.1, -0.05) is 38.1 Å². The molecular formula is C22H30N4O. The molecule has 2 heterocycles. The van der Waals surface area contributed by atoms with E-state index in [1.54, 1.807) is 18.6 Å². The monoisotopic (exact) mass is 366 g/mol. The zero-order chi connectivity index (χ0) is 19.2. The Morgan fingerprint density at radius 2 is 2.00 bits per heavy atom. The molecule has 1 aromatic carbocycles. The second-order valence-electron chi connectivity index (χ2n) is 7.92. The fourth-order valence-corrected chi connectivity index (χ4v) is 3.68. The quantitative estimate of drug-likeness (QED) is 0.845. The Labute approximate surface area is 162 Å². The summed E-state index contributed by atoms with van der Waals surface area (Å²) < 4.78 is 0. The van der Waals surface area contributed by atoms with Crippen LogP contribution in [-0.4, -0.2) is 29.0 Å². The molecule has 2 aromatic rings. The number of anilines is 1. The van der Waals surface area contributed by atoms with E-state index in [1.807, 2.05) is 0 Å². The predicted octanol–water partition coefficient (Wildman–Crippen LogP) is 3.77. The first-order chi connectivity index (χ1) is 13.0. The van der Waals surface area contributed by atoms with Crippen LogP contribution in [0.2, 0.25) is 0 Å². The Morgan fingerprint density at radius 3 is 2.67 bits per heavy atom. The molecule has 1 amide bonds. The molecule has 0 saturated carbocycles. The molecule has 3 rings (SSSR count). The summed E-state index contributed by atoms with van der Waals surface area (Å²) in [6.07, 6.45) is 8.13. The van der Waals surface area contributed by atoms with Gasteiger partial charge >= 0.3 is 0 Å². The number of rotatable bonds is 6. The van der Waals surface area contributed by atoms with Crippen molar-refractivity contribution >= 4 is 11.7 Å². The maximum atomic E-state index is 12.8. The largest absolute Gasteiger partial charge is 0.355 e. The highest BCUT2D eigenvalue weighted by Gasteiger charge is 2.27. The summed E-state index contributed by atoms with van der Waals surface area (Å²) in [6, 6.07) is 8.63. The number of nitrogens with zero attached hydrogens (tertiary/aromatic N) is 3. The van der Waals surface area contributed by atoms with E-state index in [2.05, 4.69) is 65.2 Å². The molecule has 2 atom stereocenters. The molecule has 0 unspecified atom stereocenters. The van der Waals surface area contributed by atoms with E-state index in [0.29, 0.717) is 12.5 Å². The van der Waals surface area contributed by atoms with E-state index < -0.39 is 0 Å². The minimum atomic E-state index is -0.0107. The summed E-state index contributed by atoms with van der Waals surface area (Å²) in [5.41, 5.74) is 2.50. The fourth-order valence-electron chi connectivity index (χ4n) is 3.68. The fraction of sp³-hybridized carbons (Fsp3) is 0.500. The summed E-state index contributed by atoms with van der Waals surface area (Å²) in [4.78, 5) is 23.5. The van der Waals surface area contributed by atoms with E-state index in [1.165, 1.54) is 5.56 Å². The molecule has 27 heavy (non-hydrogen) atoms. The number of hydrogen-bond acceptors (Lipinski definition) is 4. The van der Waals surface area contributed by atoms with Gasteiger partial charge in [0, 0.05) is 25.5 Å². The van der Waals surface area contributed by atoms with Crippen LogP contribution in [0.4, 0.5) is 5.82 Å². The molecule has 1 N–H and O–H groups in total. The Bertz CT molecular complexity index is 730. The predicted molar refractivity (Wildman–Crippen MR) is 109 cm³/mol. The lowest BCUT2D eigenvalue weighted by Crippen LogP contribution is -2.44. The Kier molecular flexibility index (Phi) is 6.43. The van der Waals surface area contributed by atoms with Gasteiger partial charge < -0.3 is 10.2 Å². The molecule has 0 spiro atoms. The van der Waals surface area contributed by atoms with Crippen molar-refractivity contribution in [1.82, 2.24) is 15.3 Å². The molecule has 0 aliphatic carbocycles. The van der Waals surface area contributed by atoms with Crippen LogP contribution in [0, 0.1) is 11.8 Å². The number of carbonyl (C=O) groups excluding carboxylic acids is 1. The zero-order valence-corrected chi connectivity index (χ0v) is 16.6. The smallest absolute Gasteiger partial charge is 0.225 e. The highest BCUT2D eigenvalue weighted by atomic mass is 16.2. The maximum Gasteiger partial charge on any atom is 0.225 e. The van der Waals surface area contributed by atoms with E-state index in [-0.39, 0.29) is 17.9 Å². The normalized spacial score (nSPS) is 18.4. The lowest BCUT2D eigenvalue weighted by atomic mass is 9.96. The standard InChI is InChI=1S/C22H30N4O/c1-16(2)13-18-6-8-19(9-7-18)17(3)25-22(27)20-5-4-12-26(15-20)21-14-23-10-11-24-21/h6-11,14,16-17,20H,4-5,12-13,15H2,1-3H3,(H,25,27)/t17-,20-/m1/s1. The summed E-state index contributed by atoms with van der Waals surface area (Å²) in [5.74, 6) is 1.62. The number of piperidine rings is 1. The van der Waals surface area contributed by atoms with Crippen LogP contribution in [-0.2, 0) is 11.2 Å². The van der Waals surface area contributed by atoms with Crippen molar-refractivity contribution in [2.75, 3.05) is 18.0 Å². The highest BCUT2D eigenvalue weighted by Crippen LogP contribution is 2.22. The van der Waals surface area contributed by atoms with E-state index >= 15 is 0 Å². The van der Waals surface area contributed by atoms with Crippen molar-refractivity contribution in [3.63, 3.8) is 0 Å². The van der Waals surface area contributed by atoms with Gasteiger partial charge in [0.2, 0.25) is 5.91 Å². The molecule has 1 fully saturated rings. The van der Waals surface area contributed by atoms with Gasteiger partial charge in [-0.2, -0.15) is 0 Å². The number of aromatic nitrogens is 2. The minimum Gasteiger partial charge on any atom is -0.355 e. The number of hydrogen-bond donors (Lipinski definition) is 1. The number of amides is 1. The third-order valence-electron chi connectivity index (χ3n) is 5.15. The summed E-state index contributed by atoms with van der Waals surface area (Å²) in [7, 11) is 0. The van der Waals surface area contributed by atoms with Gasteiger partial charge in [-0.05, 0) is 43.2 Å². The second-order valence-corrected chi connectivity index (χ2v) is 7.92. The van der Waals surface area contributed by atoms with E-state index in [0.717, 1.165) is 37.2 Å². The molecule has 1 aliphatic rings. The molecular weight excluding hydrogens is 336 g/mol. The van der Waals surface area contributed by atoms with Gasteiger partial charge in [0.05, 0.1) is 18.2 Å². The average Bonchev–Trinajstić information content (AvgIpc) is 2.69. The molecule has 1 aliphatic heterocycles. The molecule has 1 saturated heterocycles. The third-order valence-corrected chi connectivity index (χ3v) is 5.15. The Morgan fingerprint density at radius 1 is 1.22 bits per heavy atom. The van der Waals surface area contributed by atoms with Gasteiger partial charge in [0.25, 0.3) is 0 Å². The van der Waals surface area contributed by atoms with Crippen molar-refractivity contribution in [3.8, 4) is 0 Å². The number of benzene rings is 1. The van der Waals surface area contributed by atoms with Crippen LogP contribution in [0.25, 0.3) is 0 Å². The molecule has 1 aromatic heterocycles. The maximum absolute atomic E-state index is 12.8. The van der Waals surface area contributed by atoms with Crippen LogP contribution in [0.1, 0.15) is 50.8 Å². The van der Waals surface area contributed by atoms with E-state index in [9.17, 15) is 4.79 Å². The van der Waals surface area contributed by atoms with Crippen LogP contribution in [0.3, 0.4) is 0 Å². The van der Waals surface area contributed by atoms with Crippen LogP contribution >= 0.6 is 0 Å². The van der Waals surface area contributed by atoms with Crippen molar-refractivity contribution in [3.05, 3.63) is 54.0 Å². The van der Waals surface area contributed by atoms with Crippen LogP contribution < -0.4 is 10.2 Å². The van der Waals surface area contributed by atoms with Gasteiger partial charge in [0.1, 0.15) is 5.82 Å². The number of carbonyl (C=O) groups is 1. The van der Waals surface area contributed by atoms with Gasteiger partial charge in [0.15, 0.2) is 0 Å². The molecule has 5 heteroatoms. The first-order valence-corrected chi connectivity index (χ1v) is 9.93. The molecule has 144 valence electrons. The van der Waals surface area contributed by atoms with Gasteiger partial charge in [-0.25, -0.2) is 4.98 Å². The lowest BCUT2D eigenvalue weighted by Gasteiger charge is -2.33. The van der Waals surface area contributed by atoms with E-state index in [4.69, 9.17) is 0 Å². The number of nitrogens with one attached hydrogen (secondary N) is 1. The lowest BCUT2D eigenvalue weighted by molar-refractivity contribution is -0.125. The SMILES string of the molecule is CC(C)Cc1ccc([C@@H](C)NC(=O)[C@@H]2CCCN(c3cnccn3)C2)cc1. The summed E-state index contributed by atoms with van der Waals surface area (Å²) in [6.45, 7) is 8.13. The first kappa shape index (κ1) is 19.3. The Hall–Kier alpha value is -2.43. The molecule has 0 bridgehead atoms. The second kappa shape index (κ2) is 8.98. The zero-order valence-electron chi connectivity index (χ0n) is 16.6. The van der Waals surface area contributed by atoms with Gasteiger partial charge in [-0.3, -0.25) is 9.78 Å². The minimum absolute atomic E-state index is 0.0107. The first-order valence-electron chi connectivity index (χ1n) is 9.93. The van der Waals surface area contributed by atoms with Crippen LogP contribution in [0.15, 0.2) is 42.9 Å². The van der Waals surface area contributed by atoms with Crippen molar-refractivity contribution in [2.24, 2.45) is 11.8 Å². The summed E-state index contributed by atoms with van der Waals surface area (Å²) in [5, 5.41) is 3.20.